The molecule has 0 heterocycles. The van der Waals surface area contributed by atoms with Crippen molar-refractivity contribution in [1.82, 2.24) is 0 Å². The summed E-state index contributed by atoms with van der Waals surface area (Å²) in [5.41, 5.74) is -0.895. The van der Waals surface area contributed by atoms with Crippen molar-refractivity contribution in [2.75, 3.05) is 6.61 Å². The van der Waals surface area contributed by atoms with E-state index in [1.165, 1.54) is 0 Å². The molecule has 3 heteroatoms. The molecule has 2 aliphatic carbocycles. The van der Waals surface area contributed by atoms with Crippen molar-refractivity contribution in [3.05, 3.63) is 12.2 Å². The Bertz CT molecular complexity index is 367. The third-order valence-electron chi connectivity index (χ3n) is 3.50. The lowest BCUT2D eigenvalue weighted by Gasteiger charge is -2.26. The zero-order valence-corrected chi connectivity index (χ0v) is 9.77. The molecule has 0 radical (unpaired) electrons. The smallest absolute Gasteiger partial charge is 0.327 e. The summed E-state index contributed by atoms with van der Waals surface area (Å²) in [6.45, 7) is 4.39. The quantitative estimate of drug-likeness (QED) is 0.540. The van der Waals surface area contributed by atoms with Crippen LogP contribution in [0.4, 0.5) is 0 Å². The lowest BCUT2D eigenvalue weighted by molar-refractivity contribution is -0.154. The van der Waals surface area contributed by atoms with Gasteiger partial charge in [-0.25, -0.2) is 0 Å². The summed E-state index contributed by atoms with van der Waals surface area (Å²) >= 11 is 0. The fourth-order valence-corrected chi connectivity index (χ4v) is 2.64. The number of allylic oxidation sites excluding steroid dienone is 2. The number of hydrogen-bond donors (Lipinski definition) is 0. The molecule has 16 heavy (non-hydrogen) atoms. The number of ether oxygens (including phenoxy) is 1. The van der Waals surface area contributed by atoms with E-state index >= 15 is 0 Å². The second-order valence-corrected chi connectivity index (χ2v) is 5.27. The van der Waals surface area contributed by atoms with Crippen LogP contribution in [0.2, 0.25) is 0 Å². The van der Waals surface area contributed by atoms with Gasteiger partial charge in [0.25, 0.3) is 0 Å². The van der Waals surface area contributed by atoms with Crippen LogP contribution in [0.25, 0.3) is 0 Å². The van der Waals surface area contributed by atoms with Gasteiger partial charge in [-0.2, -0.15) is 5.26 Å². The van der Waals surface area contributed by atoms with E-state index in [1.54, 1.807) is 0 Å². The first-order valence-electron chi connectivity index (χ1n) is 5.85. The molecule has 0 aromatic carbocycles. The van der Waals surface area contributed by atoms with Gasteiger partial charge in [-0.3, -0.25) is 4.79 Å². The highest BCUT2D eigenvalue weighted by molar-refractivity contribution is 5.81. The van der Waals surface area contributed by atoms with Gasteiger partial charge in [0.05, 0.1) is 12.7 Å². The number of rotatable bonds is 3. The van der Waals surface area contributed by atoms with Crippen LogP contribution in [-0.2, 0) is 9.53 Å². The Kier molecular flexibility index (Phi) is 2.75. The molecule has 3 nitrogen and oxygen atoms in total. The topological polar surface area (TPSA) is 50.1 Å². The summed E-state index contributed by atoms with van der Waals surface area (Å²) in [5.74, 6) is 0.466. The third-order valence-corrected chi connectivity index (χ3v) is 3.50. The number of carbonyl (C=O) groups excluding carboxylic acids is 1. The van der Waals surface area contributed by atoms with Crippen molar-refractivity contribution in [3.63, 3.8) is 0 Å². The first kappa shape index (κ1) is 11.2. The number of nitrogens with zero attached hydrogens (tertiary/aromatic N) is 1. The summed E-state index contributed by atoms with van der Waals surface area (Å²) in [6.07, 6.45) is 5.70. The lowest BCUT2D eigenvalue weighted by atomic mass is 9.77. The van der Waals surface area contributed by atoms with Crippen LogP contribution < -0.4 is 0 Å². The zero-order chi connectivity index (χ0) is 11.8. The summed E-state index contributed by atoms with van der Waals surface area (Å²) in [7, 11) is 0. The van der Waals surface area contributed by atoms with Crippen molar-refractivity contribution in [2.45, 2.75) is 26.7 Å². The minimum Gasteiger partial charge on any atom is -0.464 e. The van der Waals surface area contributed by atoms with Crippen molar-refractivity contribution in [2.24, 2.45) is 23.2 Å². The molecule has 0 aromatic heterocycles. The van der Waals surface area contributed by atoms with Crippen LogP contribution in [0, 0.1) is 34.5 Å². The third kappa shape index (κ3) is 1.63. The standard InChI is InChI=1S/C13H17NO2/c1-9(2)7-16-12(15)13(8-14)6-10-3-4-11(13)5-10/h3-4,9-11H,5-7H2,1-2H3. The van der Waals surface area contributed by atoms with Gasteiger partial charge in [-0.05, 0) is 24.7 Å². The number of hydrogen-bond acceptors (Lipinski definition) is 3. The summed E-state index contributed by atoms with van der Waals surface area (Å²) in [6, 6.07) is 2.21. The van der Waals surface area contributed by atoms with E-state index in [1.807, 2.05) is 19.9 Å². The first-order chi connectivity index (χ1) is 7.58. The average Bonchev–Trinajstić information content (AvgIpc) is 2.85. The van der Waals surface area contributed by atoms with Crippen LogP contribution in [0.1, 0.15) is 26.7 Å². The largest absolute Gasteiger partial charge is 0.464 e. The van der Waals surface area contributed by atoms with Gasteiger partial charge < -0.3 is 4.74 Å². The number of fused-ring (bicyclic) bond motifs is 2. The number of esters is 1. The van der Waals surface area contributed by atoms with Gasteiger partial charge in [-0.15, -0.1) is 0 Å². The van der Waals surface area contributed by atoms with Crippen LogP contribution >= 0.6 is 0 Å². The van der Waals surface area contributed by atoms with Gasteiger partial charge in [0.1, 0.15) is 0 Å². The lowest BCUT2D eigenvalue weighted by Crippen LogP contribution is -2.36. The van der Waals surface area contributed by atoms with Gasteiger partial charge in [0.2, 0.25) is 0 Å². The van der Waals surface area contributed by atoms with E-state index < -0.39 is 5.41 Å². The van der Waals surface area contributed by atoms with E-state index in [-0.39, 0.29) is 11.9 Å². The molecule has 0 amide bonds. The minimum atomic E-state index is -0.895. The van der Waals surface area contributed by atoms with Gasteiger partial charge in [0.15, 0.2) is 5.41 Å². The van der Waals surface area contributed by atoms with Crippen molar-refractivity contribution >= 4 is 5.97 Å². The summed E-state index contributed by atoms with van der Waals surface area (Å²) in [4.78, 5) is 12.0. The molecule has 3 atom stereocenters. The highest BCUT2D eigenvalue weighted by atomic mass is 16.5. The van der Waals surface area contributed by atoms with E-state index in [2.05, 4.69) is 12.1 Å². The van der Waals surface area contributed by atoms with Crippen molar-refractivity contribution < 1.29 is 9.53 Å². The monoisotopic (exact) mass is 219 g/mol. The predicted octanol–water partition coefficient (Wildman–Crippen LogP) is 2.29. The minimum absolute atomic E-state index is 0.0714. The molecule has 0 aliphatic heterocycles. The maximum absolute atomic E-state index is 12.0. The van der Waals surface area contributed by atoms with Crippen LogP contribution in [0.3, 0.4) is 0 Å². The highest BCUT2D eigenvalue weighted by Crippen LogP contribution is 2.52. The normalized spacial score (nSPS) is 35.4. The van der Waals surface area contributed by atoms with E-state index in [0.29, 0.717) is 24.9 Å². The first-order valence-corrected chi connectivity index (χ1v) is 5.85. The fraction of sp³-hybridized carbons (Fsp3) is 0.692. The molecule has 1 fully saturated rings. The molecule has 2 rings (SSSR count). The molecule has 1 saturated carbocycles. The molecule has 2 bridgehead atoms. The molecule has 0 N–H and O–H groups in total. The average molecular weight is 219 g/mol. The van der Waals surface area contributed by atoms with E-state index in [4.69, 9.17) is 4.74 Å². The Balaban J connectivity index is 2.09. The Morgan fingerprint density at radius 1 is 1.62 bits per heavy atom. The molecule has 0 spiro atoms. The Labute approximate surface area is 96.1 Å². The second-order valence-electron chi connectivity index (χ2n) is 5.27. The molecule has 3 unspecified atom stereocenters. The van der Waals surface area contributed by atoms with E-state index in [0.717, 1.165) is 6.42 Å². The molecular weight excluding hydrogens is 202 g/mol. The summed E-state index contributed by atoms with van der Waals surface area (Å²) in [5, 5.41) is 9.29. The summed E-state index contributed by atoms with van der Waals surface area (Å²) < 4.78 is 5.24. The van der Waals surface area contributed by atoms with Crippen LogP contribution in [-0.4, -0.2) is 12.6 Å². The van der Waals surface area contributed by atoms with Crippen LogP contribution in [0.5, 0.6) is 0 Å². The Hall–Kier alpha value is -1.30. The van der Waals surface area contributed by atoms with E-state index in [9.17, 15) is 10.1 Å². The second kappa shape index (κ2) is 3.93. The number of nitriles is 1. The van der Waals surface area contributed by atoms with Gasteiger partial charge in [0, 0.05) is 5.92 Å². The maximum Gasteiger partial charge on any atom is 0.327 e. The fourth-order valence-electron chi connectivity index (χ4n) is 2.64. The highest BCUT2D eigenvalue weighted by Gasteiger charge is 2.55. The predicted molar refractivity (Wildman–Crippen MR) is 59.2 cm³/mol. The van der Waals surface area contributed by atoms with Gasteiger partial charge in [-0.1, -0.05) is 26.0 Å². The molecule has 2 aliphatic rings. The molecular formula is C13H17NO2. The van der Waals surface area contributed by atoms with Gasteiger partial charge >= 0.3 is 5.97 Å². The Morgan fingerprint density at radius 2 is 2.38 bits per heavy atom. The molecule has 86 valence electrons. The van der Waals surface area contributed by atoms with Crippen molar-refractivity contribution in [1.29, 1.82) is 5.26 Å². The molecule has 0 saturated heterocycles. The van der Waals surface area contributed by atoms with Crippen LogP contribution in [0.15, 0.2) is 12.2 Å². The SMILES string of the molecule is CC(C)COC(=O)C1(C#N)CC2C=CC1C2. The Morgan fingerprint density at radius 3 is 2.81 bits per heavy atom. The number of carbonyl (C=O) groups is 1. The maximum atomic E-state index is 12.0. The zero-order valence-electron chi connectivity index (χ0n) is 9.77. The molecule has 0 aromatic rings. The van der Waals surface area contributed by atoms with Crippen molar-refractivity contribution in [3.8, 4) is 6.07 Å².